The fraction of sp³-hybridized carbons (Fsp3) is 0.0667. The van der Waals surface area contributed by atoms with Crippen LogP contribution in [-0.4, -0.2) is 10.2 Å². The molecule has 4 heteroatoms. The van der Waals surface area contributed by atoms with Crippen molar-refractivity contribution in [1.29, 1.82) is 0 Å². The van der Waals surface area contributed by atoms with Crippen LogP contribution in [0.1, 0.15) is 22.3 Å². The molecule has 2 N–H and O–H groups in total. The molecule has 0 aromatic heterocycles. The Kier molecular flexibility index (Phi) is 7.09. The Morgan fingerprint density at radius 1 is 0.471 bits per heavy atom. The molecule has 0 saturated carbocycles. The topological polar surface area (TPSA) is 40.5 Å². The minimum Gasteiger partial charge on any atom is -0.369 e. The van der Waals surface area contributed by atoms with Crippen LogP contribution in [0.3, 0.4) is 0 Å². The Morgan fingerprint density at radius 3 is 1.15 bits per heavy atom. The molecule has 4 aromatic rings. The fourth-order valence-electron chi connectivity index (χ4n) is 3.70. The van der Waals surface area contributed by atoms with Gasteiger partial charge in [0.15, 0.2) is 11.2 Å². The van der Waals surface area contributed by atoms with E-state index in [0.29, 0.717) is 32.3 Å². The lowest BCUT2D eigenvalue weighted by Crippen LogP contribution is -2.26. The molecule has 0 fully saturated rings. The van der Waals surface area contributed by atoms with Gasteiger partial charge >= 0.3 is 0 Å². The molecule has 0 radical (unpaired) electrons. The number of halogens is 2. The van der Waals surface area contributed by atoms with Crippen molar-refractivity contribution >= 4 is 23.2 Å². The molecule has 34 heavy (non-hydrogen) atoms. The third-order valence-corrected chi connectivity index (χ3v) is 6.12. The lowest BCUT2D eigenvalue weighted by Gasteiger charge is -2.25. The van der Waals surface area contributed by atoms with Crippen LogP contribution in [0.15, 0.2) is 109 Å². The van der Waals surface area contributed by atoms with Crippen molar-refractivity contribution in [1.82, 2.24) is 0 Å². The van der Waals surface area contributed by atoms with Crippen LogP contribution in [0.5, 0.6) is 0 Å². The largest absolute Gasteiger partial charge is 0.369 e. The summed E-state index contributed by atoms with van der Waals surface area (Å²) in [6, 6.07) is 32.1. The Bertz CT molecular complexity index is 1300. The molecule has 2 atom stereocenters. The summed E-state index contributed by atoms with van der Waals surface area (Å²) in [7, 11) is 0. The summed E-state index contributed by atoms with van der Waals surface area (Å²) in [5, 5.41) is 24.0. The summed E-state index contributed by atoms with van der Waals surface area (Å²) < 4.78 is 0. The van der Waals surface area contributed by atoms with Gasteiger partial charge in [-0.25, -0.2) is 0 Å². The minimum atomic E-state index is -1.69. The van der Waals surface area contributed by atoms with Crippen molar-refractivity contribution in [2.75, 3.05) is 0 Å². The highest BCUT2D eigenvalue weighted by molar-refractivity contribution is 6.31. The van der Waals surface area contributed by atoms with E-state index in [9.17, 15) is 10.2 Å². The Balaban J connectivity index is 1.83. The number of hydrogen-bond acceptors (Lipinski definition) is 2. The number of benzene rings is 4. The normalized spacial score (nSPS) is 13.9. The summed E-state index contributed by atoms with van der Waals surface area (Å²) in [4.78, 5) is 0. The van der Waals surface area contributed by atoms with Crippen molar-refractivity contribution in [2.24, 2.45) is 0 Å². The van der Waals surface area contributed by atoms with E-state index in [-0.39, 0.29) is 0 Å². The van der Waals surface area contributed by atoms with Crippen molar-refractivity contribution < 1.29 is 10.2 Å². The highest BCUT2D eigenvalue weighted by atomic mass is 35.5. The summed E-state index contributed by atoms with van der Waals surface area (Å²) >= 11 is 12.8. The fourth-order valence-corrected chi connectivity index (χ4v) is 4.25. The molecule has 4 rings (SSSR count). The average Bonchev–Trinajstić information content (AvgIpc) is 2.88. The van der Waals surface area contributed by atoms with Gasteiger partial charge in [-0.15, -0.1) is 0 Å². The first-order valence-corrected chi connectivity index (χ1v) is 11.3. The maximum absolute atomic E-state index is 11.6. The van der Waals surface area contributed by atoms with Crippen LogP contribution < -0.4 is 0 Å². The first kappa shape index (κ1) is 23.7. The summed E-state index contributed by atoms with van der Waals surface area (Å²) in [6.07, 6.45) is 0. The molecule has 0 saturated heterocycles. The summed E-state index contributed by atoms with van der Waals surface area (Å²) in [5.41, 5.74) is -1.38. The Hall–Kier alpha value is -3.50. The van der Waals surface area contributed by atoms with Crippen molar-refractivity contribution in [3.63, 3.8) is 0 Å². The third kappa shape index (κ3) is 4.73. The molecular weight excluding hydrogens is 463 g/mol. The highest BCUT2D eigenvalue weighted by Crippen LogP contribution is 2.35. The van der Waals surface area contributed by atoms with Gasteiger partial charge in [-0.1, -0.05) is 120 Å². The average molecular weight is 483 g/mol. The SMILES string of the molecule is O[C@@](C#CC#C[C@](O)(c1ccccc1)c1ccccc1Cl)(c1ccccc1)c1ccccc1Cl. The van der Waals surface area contributed by atoms with Crippen molar-refractivity contribution in [2.45, 2.75) is 11.2 Å². The second-order valence-electron chi connectivity index (χ2n) is 7.61. The van der Waals surface area contributed by atoms with E-state index in [1.807, 2.05) is 36.4 Å². The molecule has 0 aliphatic rings. The van der Waals surface area contributed by atoms with Gasteiger partial charge in [-0.05, 0) is 35.8 Å². The predicted octanol–water partition coefficient (Wildman–Crippen LogP) is 6.17. The molecule has 0 amide bonds. The smallest absolute Gasteiger partial charge is 0.179 e. The second kappa shape index (κ2) is 10.2. The van der Waals surface area contributed by atoms with E-state index < -0.39 is 11.2 Å². The molecule has 0 aliphatic carbocycles. The maximum Gasteiger partial charge on any atom is 0.179 e. The zero-order valence-electron chi connectivity index (χ0n) is 18.0. The Labute approximate surface area is 209 Å². The Morgan fingerprint density at radius 2 is 0.794 bits per heavy atom. The number of aliphatic hydroxyl groups is 2. The van der Waals surface area contributed by atoms with Crippen LogP contribution in [0.4, 0.5) is 0 Å². The van der Waals surface area contributed by atoms with Crippen LogP contribution >= 0.6 is 23.2 Å². The lowest BCUT2D eigenvalue weighted by atomic mass is 9.86. The monoisotopic (exact) mass is 482 g/mol. The van der Waals surface area contributed by atoms with Crippen molar-refractivity contribution in [3.8, 4) is 23.7 Å². The van der Waals surface area contributed by atoms with Crippen LogP contribution in [-0.2, 0) is 11.2 Å². The molecule has 0 heterocycles. The standard InChI is InChI=1S/C30H20Cl2O2/c31-27-19-9-7-17-25(27)29(33,23-13-3-1-4-14-23)21-11-12-22-30(34,24-15-5-2-6-16-24)26-18-8-10-20-28(26)32/h1-10,13-20,33-34H/t29-,30-/m0/s1. The first-order chi connectivity index (χ1) is 16.4. The van der Waals surface area contributed by atoms with Gasteiger partial charge in [0.1, 0.15) is 0 Å². The molecule has 0 bridgehead atoms. The van der Waals surface area contributed by atoms with Crippen molar-refractivity contribution in [3.05, 3.63) is 141 Å². The molecule has 4 aromatic carbocycles. The van der Waals surface area contributed by atoms with E-state index in [0.717, 1.165) is 0 Å². The molecule has 0 aliphatic heterocycles. The van der Waals surface area contributed by atoms with E-state index in [4.69, 9.17) is 23.2 Å². The maximum atomic E-state index is 11.6. The van der Waals surface area contributed by atoms with E-state index >= 15 is 0 Å². The van der Waals surface area contributed by atoms with Gasteiger partial charge in [-0.3, -0.25) is 0 Å². The summed E-state index contributed by atoms with van der Waals surface area (Å²) in [5.74, 6) is 11.2. The third-order valence-electron chi connectivity index (χ3n) is 5.46. The molecule has 166 valence electrons. The van der Waals surface area contributed by atoms with Crippen LogP contribution in [0.25, 0.3) is 0 Å². The van der Waals surface area contributed by atoms with Gasteiger partial charge in [-0.2, -0.15) is 0 Å². The lowest BCUT2D eigenvalue weighted by molar-refractivity contribution is 0.144. The molecule has 0 spiro atoms. The van der Waals surface area contributed by atoms with Crippen LogP contribution in [0, 0.1) is 23.7 Å². The first-order valence-electron chi connectivity index (χ1n) is 10.6. The quantitative estimate of drug-likeness (QED) is 0.341. The molecule has 0 unspecified atom stereocenters. The highest BCUT2D eigenvalue weighted by Gasteiger charge is 2.32. The van der Waals surface area contributed by atoms with Gasteiger partial charge in [0.25, 0.3) is 0 Å². The van der Waals surface area contributed by atoms with Gasteiger partial charge in [0.05, 0.1) is 0 Å². The van der Waals surface area contributed by atoms with E-state index in [1.54, 1.807) is 72.8 Å². The minimum absolute atomic E-state index is 0.382. The van der Waals surface area contributed by atoms with E-state index in [1.165, 1.54) is 0 Å². The molecular formula is C30H20Cl2O2. The second-order valence-corrected chi connectivity index (χ2v) is 8.43. The molecule has 2 nitrogen and oxygen atoms in total. The zero-order chi connectivity index (χ0) is 24.0. The number of hydrogen-bond donors (Lipinski definition) is 2. The zero-order valence-corrected chi connectivity index (χ0v) is 19.6. The van der Waals surface area contributed by atoms with E-state index in [2.05, 4.69) is 23.7 Å². The predicted molar refractivity (Wildman–Crippen MR) is 137 cm³/mol. The summed E-state index contributed by atoms with van der Waals surface area (Å²) in [6.45, 7) is 0. The van der Waals surface area contributed by atoms with Gasteiger partial charge < -0.3 is 10.2 Å². The van der Waals surface area contributed by atoms with Crippen LogP contribution in [0.2, 0.25) is 10.0 Å². The number of rotatable bonds is 4. The van der Waals surface area contributed by atoms with Gasteiger partial charge in [0.2, 0.25) is 0 Å². The van der Waals surface area contributed by atoms with Gasteiger partial charge in [0, 0.05) is 32.3 Å².